The zero-order valence-electron chi connectivity index (χ0n) is 10.8. The lowest BCUT2D eigenvalue weighted by Crippen LogP contribution is -1.97. The molecule has 0 saturated carbocycles. The molecule has 2 N–H and O–H groups in total. The van der Waals surface area contributed by atoms with Gasteiger partial charge in [-0.2, -0.15) is 0 Å². The number of nitrogens with zero attached hydrogens (tertiary/aromatic N) is 2. The Hall–Kier alpha value is -2.33. The van der Waals surface area contributed by atoms with Crippen LogP contribution in [-0.2, 0) is 0 Å². The van der Waals surface area contributed by atoms with Crippen LogP contribution in [0.25, 0.3) is 22.0 Å². The Balaban J connectivity index is 2.36. The number of aromatic nitrogens is 2. The van der Waals surface area contributed by atoms with E-state index in [0.29, 0.717) is 22.0 Å². The largest absolute Gasteiger partial charge is 0.496 e. The number of nitrogens with two attached hydrogens (primary N) is 1. The monoisotopic (exact) mass is 285 g/mol. The lowest BCUT2D eigenvalue weighted by Gasteiger charge is -2.11. The van der Waals surface area contributed by atoms with Crippen LogP contribution in [0.5, 0.6) is 5.75 Å². The molecule has 0 radical (unpaired) electrons. The number of methoxy groups -OCH3 is 1. The molecule has 0 unspecified atom stereocenters. The summed E-state index contributed by atoms with van der Waals surface area (Å²) < 4.78 is 5.34. The Morgan fingerprint density at radius 3 is 2.75 bits per heavy atom. The van der Waals surface area contributed by atoms with Gasteiger partial charge in [0.2, 0.25) is 0 Å². The molecule has 3 rings (SSSR count). The van der Waals surface area contributed by atoms with Crippen LogP contribution in [0.1, 0.15) is 0 Å². The lowest BCUT2D eigenvalue weighted by molar-refractivity contribution is 0.420. The van der Waals surface area contributed by atoms with Gasteiger partial charge < -0.3 is 10.5 Å². The maximum atomic E-state index is 6.05. The van der Waals surface area contributed by atoms with Crippen molar-refractivity contribution in [2.24, 2.45) is 0 Å². The van der Waals surface area contributed by atoms with E-state index in [9.17, 15) is 0 Å². The average molecular weight is 286 g/mol. The topological polar surface area (TPSA) is 61.0 Å². The fourth-order valence-electron chi connectivity index (χ4n) is 2.23. The van der Waals surface area contributed by atoms with Crippen LogP contribution in [0, 0.1) is 0 Å². The van der Waals surface area contributed by atoms with Gasteiger partial charge in [0.1, 0.15) is 17.9 Å². The van der Waals surface area contributed by atoms with Crippen LogP contribution in [0.2, 0.25) is 5.02 Å². The molecule has 0 aliphatic carbocycles. The molecule has 5 heteroatoms. The number of hydrogen-bond acceptors (Lipinski definition) is 4. The molecule has 2 aromatic carbocycles. The molecule has 0 atom stereocenters. The molecule has 0 spiro atoms. The van der Waals surface area contributed by atoms with Gasteiger partial charge in [0, 0.05) is 10.6 Å². The lowest BCUT2D eigenvalue weighted by atomic mass is 10.0. The van der Waals surface area contributed by atoms with Crippen LogP contribution in [0.3, 0.4) is 0 Å². The van der Waals surface area contributed by atoms with E-state index in [0.717, 1.165) is 16.6 Å². The van der Waals surface area contributed by atoms with E-state index in [2.05, 4.69) is 9.97 Å². The highest BCUT2D eigenvalue weighted by atomic mass is 35.5. The van der Waals surface area contributed by atoms with Crippen molar-refractivity contribution in [2.45, 2.75) is 0 Å². The Morgan fingerprint density at radius 2 is 2.00 bits per heavy atom. The molecule has 1 aromatic heterocycles. The van der Waals surface area contributed by atoms with Crippen molar-refractivity contribution in [3.05, 3.63) is 47.7 Å². The third kappa shape index (κ3) is 2.04. The average Bonchev–Trinajstić information content (AvgIpc) is 2.46. The summed E-state index contributed by atoms with van der Waals surface area (Å²) in [4.78, 5) is 8.37. The maximum Gasteiger partial charge on any atom is 0.138 e. The number of ether oxygens (including phenoxy) is 1. The van der Waals surface area contributed by atoms with Gasteiger partial charge in [-0.25, -0.2) is 9.97 Å². The molecule has 0 saturated heterocycles. The fraction of sp³-hybridized carbons (Fsp3) is 0.0667. The van der Waals surface area contributed by atoms with Gasteiger partial charge in [0.05, 0.1) is 18.0 Å². The summed E-state index contributed by atoms with van der Waals surface area (Å²) in [5.41, 5.74) is 8.62. The molecular weight excluding hydrogens is 274 g/mol. The van der Waals surface area contributed by atoms with E-state index in [1.807, 2.05) is 36.4 Å². The van der Waals surface area contributed by atoms with Crippen LogP contribution in [0.4, 0.5) is 5.82 Å². The van der Waals surface area contributed by atoms with Crippen LogP contribution in [-0.4, -0.2) is 17.1 Å². The van der Waals surface area contributed by atoms with Gasteiger partial charge >= 0.3 is 0 Å². The molecule has 0 bridgehead atoms. The summed E-state index contributed by atoms with van der Waals surface area (Å²) in [6.45, 7) is 0. The third-order valence-electron chi connectivity index (χ3n) is 3.14. The smallest absolute Gasteiger partial charge is 0.138 e. The summed E-state index contributed by atoms with van der Waals surface area (Å²) in [6, 6.07) is 11.4. The quantitative estimate of drug-likeness (QED) is 0.782. The van der Waals surface area contributed by atoms with Crippen molar-refractivity contribution in [1.82, 2.24) is 9.97 Å². The number of halogens is 1. The van der Waals surface area contributed by atoms with Gasteiger partial charge in [-0.3, -0.25) is 0 Å². The van der Waals surface area contributed by atoms with E-state index in [-0.39, 0.29) is 0 Å². The zero-order valence-corrected chi connectivity index (χ0v) is 11.6. The first-order valence-electron chi connectivity index (χ1n) is 6.04. The van der Waals surface area contributed by atoms with Gasteiger partial charge in [0.15, 0.2) is 0 Å². The SMILES string of the molecule is COc1ccc(-c2cccc(Cl)c2)c2ncnc(N)c12. The van der Waals surface area contributed by atoms with E-state index in [4.69, 9.17) is 22.1 Å². The summed E-state index contributed by atoms with van der Waals surface area (Å²) in [7, 11) is 1.60. The van der Waals surface area contributed by atoms with E-state index in [1.54, 1.807) is 7.11 Å². The summed E-state index contributed by atoms with van der Waals surface area (Å²) in [6.07, 6.45) is 1.45. The minimum Gasteiger partial charge on any atom is -0.496 e. The number of benzene rings is 2. The molecular formula is C15H12ClN3O. The van der Waals surface area contributed by atoms with Gasteiger partial charge in [0.25, 0.3) is 0 Å². The normalized spacial score (nSPS) is 10.7. The molecule has 1 heterocycles. The van der Waals surface area contributed by atoms with Gasteiger partial charge in [-0.1, -0.05) is 23.7 Å². The van der Waals surface area contributed by atoms with Crippen molar-refractivity contribution >= 4 is 28.3 Å². The van der Waals surface area contributed by atoms with Crippen LogP contribution in [0.15, 0.2) is 42.7 Å². The molecule has 100 valence electrons. The third-order valence-corrected chi connectivity index (χ3v) is 3.37. The molecule has 4 nitrogen and oxygen atoms in total. The second kappa shape index (κ2) is 4.98. The second-order valence-corrected chi connectivity index (χ2v) is 4.74. The molecule has 0 aliphatic heterocycles. The molecule has 3 aromatic rings. The van der Waals surface area contributed by atoms with E-state index in [1.165, 1.54) is 6.33 Å². The molecule has 0 amide bonds. The Bertz CT molecular complexity index is 789. The molecule has 0 fully saturated rings. The second-order valence-electron chi connectivity index (χ2n) is 4.31. The van der Waals surface area contributed by atoms with Crippen LogP contribution >= 0.6 is 11.6 Å². The summed E-state index contributed by atoms with van der Waals surface area (Å²) in [5.74, 6) is 1.06. The first-order valence-corrected chi connectivity index (χ1v) is 6.41. The number of anilines is 1. The maximum absolute atomic E-state index is 6.05. The number of hydrogen-bond donors (Lipinski definition) is 1. The Labute approximate surface area is 121 Å². The predicted octanol–water partition coefficient (Wildman–Crippen LogP) is 3.54. The summed E-state index contributed by atoms with van der Waals surface area (Å²) in [5, 5.41) is 1.39. The minimum atomic E-state index is 0.399. The van der Waals surface area contributed by atoms with Gasteiger partial charge in [-0.15, -0.1) is 0 Å². The van der Waals surface area contributed by atoms with Crippen LogP contribution < -0.4 is 10.5 Å². The van der Waals surface area contributed by atoms with Crippen molar-refractivity contribution in [1.29, 1.82) is 0 Å². The van der Waals surface area contributed by atoms with Gasteiger partial charge in [-0.05, 0) is 29.8 Å². The van der Waals surface area contributed by atoms with E-state index < -0.39 is 0 Å². The summed E-state index contributed by atoms with van der Waals surface area (Å²) >= 11 is 6.05. The van der Waals surface area contributed by atoms with Crippen molar-refractivity contribution in [3.63, 3.8) is 0 Å². The van der Waals surface area contributed by atoms with E-state index >= 15 is 0 Å². The standard InChI is InChI=1S/C15H12ClN3O/c1-20-12-6-5-11(9-3-2-4-10(16)7-9)14-13(12)15(17)19-8-18-14/h2-8H,1H3,(H2,17,18,19). The predicted molar refractivity (Wildman–Crippen MR) is 80.9 cm³/mol. The highest BCUT2D eigenvalue weighted by Crippen LogP contribution is 2.35. The van der Waals surface area contributed by atoms with Crippen molar-refractivity contribution in [2.75, 3.05) is 12.8 Å². The highest BCUT2D eigenvalue weighted by molar-refractivity contribution is 6.30. The Kier molecular flexibility index (Phi) is 3.16. The highest BCUT2D eigenvalue weighted by Gasteiger charge is 2.12. The Morgan fingerprint density at radius 1 is 1.15 bits per heavy atom. The fourth-order valence-corrected chi connectivity index (χ4v) is 2.42. The van der Waals surface area contributed by atoms with Crippen molar-refractivity contribution < 1.29 is 4.74 Å². The first-order chi connectivity index (χ1) is 9.70. The molecule has 20 heavy (non-hydrogen) atoms. The minimum absolute atomic E-state index is 0.399. The first kappa shape index (κ1) is 12.7. The number of nitrogen functional groups attached to an aromatic ring is 1. The molecule has 0 aliphatic rings. The zero-order chi connectivity index (χ0) is 14.1. The van der Waals surface area contributed by atoms with Crippen molar-refractivity contribution in [3.8, 4) is 16.9 Å². The number of rotatable bonds is 2. The number of fused-ring (bicyclic) bond motifs is 1.